The highest BCUT2D eigenvalue weighted by Crippen LogP contribution is 2.45. The zero-order valence-electron chi connectivity index (χ0n) is 19.6. The van der Waals surface area contributed by atoms with E-state index in [4.69, 9.17) is 4.74 Å². The monoisotopic (exact) mass is 494 g/mol. The summed E-state index contributed by atoms with van der Waals surface area (Å²) in [6.45, 7) is 5.62. The van der Waals surface area contributed by atoms with E-state index in [0.29, 0.717) is 5.56 Å². The third kappa shape index (κ3) is 4.44. The maximum Gasteiger partial charge on any atom is 0.335 e. The number of nitrogens with zero attached hydrogens (tertiary/aromatic N) is 2. The number of nitro benzene ring substituents is 1. The summed E-state index contributed by atoms with van der Waals surface area (Å²) in [6.07, 6.45) is 1.68. The lowest BCUT2D eigenvalue weighted by Crippen LogP contribution is -2.41. The number of nitro groups is 1. The predicted octanol–water partition coefficient (Wildman–Crippen LogP) is 5.01. The maximum atomic E-state index is 14.0. The number of ether oxygens (including phenoxy) is 1. The molecule has 0 aliphatic carbocycles. The molecule has 8 nitrogen and oxygen atoms in total. The largest absolute Gasteiger partial charge is 0.463 e. The minimum absolute atomic E-state index is 0.0857. The Hall–Kier alpha value is -3.56. The van der Waals surface area contributed by atoms with E-state index in [1.165, 1.54) is 28.6 Å². The van der Waals surface area contributed by atoms with Crippen LogP contribution in [0.25, 0.3) is 10.8 Å². The maximum absolute atomic E-state index is 14.0. The number of fused-ring (bicyclic) bond motifs is 1. The lowest BCUT2D eigenvalue weighted by molar-refractivity contribution is -0.384. The molecule has 0 saturated heterocycles. The molecule has 3 aromatic carbocycles. The van der Waals surface area contributed by atoms with E-state index < -0.39 is 33.0 Å². The van der Waals surface area contributed by atoms with Crippen molar-refractivity contribution in [1.29, 1.82) is 0 Å². The Morgan fingerprint density at radius 2 is 1.71 bits per heavy atom. The first-order valence-corrected chi connectivity index (χ1v) is 12.7. The fourth-order valence-corrected chi connectivity index (χ4v) is 6.35. The van der Waals surface area contributed by atoms with Crippen LogP contribution in [-0.2, 0) is 19.6 Å². The molecule has 9 heteroatoms. The Bertz CT molecular complexity index is 1410. The van der Waals surface area contributed by atoms with Crippen molar-refractivity contribution in [3.63, 3.8) is 0 Å². The second-order valence-corrected chi connectivity index (χ2v) is 10.5. The quantitative estimate of drug-likeness (QED) is 0.260. The lowest BCUT2D eigenvalue weighted by Gasteiger charge is -2.33. The number of rotatable bonds is 7. The molecule has 182 valence electrons. The Balaban J connectivity index is 1.94. The number of hydrogen-bond acceptors (Lipinski definition) is 6. The van der Waals surface area contributed by atoms with E-state index in [-0.39, 0.29) is 28.7 Å². The van der Waals surface area contributed by atoms with Gasteiger partial charge in [0.2, 0.25) is 10.0 Å². The number of sulfonamides is 1. The summed E-state index contributed by atoms with van der Waals surface area (Å²) >= 11 is 0. The van der Waals surface area contributed by atoms with Crippen LogP contribution in [0.1, 0.15) is 32.4 Å². The van der Waals surface area contributed by atoms with Gasteiger partial charge in [-0.15, -0.1) is 0 Å². The van der Waals surface area contributed by atoms with Crippen molar-refractivity contribution in [2.75, 3.05) is 6.61 Å². The Morgan fingerprint density at radius 3 is 2.34 bits per heavy atom. The first kappa shape index (κ1) is 24.6. The molecule has 0 radical (unpaired) electrons. The molecular weight excluding hydrogens is 468 g/mol. The van der Waals surface area contributed by atoms with Crippen LogP contribution in [0.4, 0.5) is 5.69 Å². The van der Waals surface area contributed by atoms with Crippen LogP contribution in [0, 0.1) is 16.0 Å². The van der Waals surface area contributed by atoms with Crippen LogP contribution >= 0.6 is 0 Å². The van der Waals surface area contributed by atoms with E-state index in [2.05, 4.69) is 0 Å². The zero-order chi connectivity index (χ0) is 25.3. The van der Waals surface area contributed by atoms with Gasteiger partial charge in [0.25, 0.3) is 5.69 Å². The third-order valence-electron chi connectivity index (χ3n) is 6.13. The molecule has 1 heterocycles. The molecule has 35 heavy (non-hydrogen) atoms. The van der Waals surface area contributed by atoms with E-state index >= 15 is 0 Å². The third-order valence-corrected chi connectivity index (χ3v) is 8.01. The Labute approximate surface area is 204 Å². The van der Waals surface area contributed by atoms with Gasteiger partial charge in [-0.25, -0.2) is 13.2 Å². The van der Waals surface area contributed by atoms with Crippen LogP contribution in [0.3, 0.4) is 0 Å². The first-order chi connectivity index (χ1) is 16.7. The van der Waals surface area contributed by atoms with Crippen LogP contribution in [0.15, 0.2) is 83.3 Å². The van der Waals surface area contributed by atoms with Gasteiger partial charge >= 0.3 is 5.97 Å². The minimum atomic E-state index is -4.17. The molecule has 0 spiro atoms. The summed E-state index contributed by atoms with van der Waals surface area (Å²) < 4.78 is 34.8. The summed E-state index contributed by atoms with van der Waals surface area (Å²) in [5.74, 6) is -0.732. The number of non-ortho nitro benzene ring substituents is 1. The molecule has 0 bridgehead atoms. The molecule has 0 unspecified atom stereocenters. The topological polar surface area (TPSA) is 107 Å². The van der Waals surface area contributed by atoms with Gasteiger partial charge in [0.15, 0.2) is 0 Å². The summed E-state index contributed by atoms with van der Waals surface area (Å²) in [5, 5.41) is 12.8. The van der Waals surface area contributed by atoms with Crippen molar-refractivity contribution in [1.82, 2.24) is 4.31 Å². The fourth-order valence-electron chi connectivity index (χ4n) is 4.49. The van der Waals surface area contributed by atoms with E-state index in [1.54, 1.807) is 13.0 Å². The summed E-state index contributed by atoms with van der Waals surface area (Å²) in [4.78, 5) is 23.5. The van der Waals surface area contributed by atoms with Gasteiger partial charge in [-0.1, -0.05) is 62.4 Å². The standard InChI is InChI=1S/C26H26N2O6S/c1-4-34-26(29)23-16-24(17(2)3)27(35(32,33)20-14-12-19(13-15-20)28(30)31)25(23)22-11-7-9-18-8-5-6-10-21(18)22/h5-17,24-25H,4H2,1-3H3/t24-,25-/m1/s1. The molecular formula is C26H26N2O6S. The zero-order valence-corrected chi connectivity index (χ0v) is 20.4. The van der Waals surface area contributed by atoms with Crippen LogP contribution in [-0.4, -0.2) is 36.3 Å². The first-order valence-electron chi connectivity index (χ1n) is 11.3. The number of carbonyl (C=O) groups is 1. The van der Waals surface area contributed by atoms with Crippen LogP contribution in [0.5, 0.6) is 0 Å². The fraction of sp³-hybridized carbons (Fsp3) is 0.269. The van der Waals surface area contributed by atoms with Gasteiger partial charge in [0, 0.05) is 18.2 Å². The van der Waals surface area contributed by atoms with Crippen LogP contribution < -0.4 is 0 Å². The number of benzene rings is 3. The molecule has 0 amide bonds. The number of carbonyl (C=O) groups excluding carboxylic acids is 1. The molecule has 0 fully saturated rings. The van der Waals surface area contributed by atoms with Gasteiger partial charge in [-0.05, 0) is 41.3 Å². The highest BCUT2D eigenvalue weighted by Gasteiger charge is 2.47. The molecule has 2 atom stereocenters. The van der Waals surface area contributed by atoms with Gasteiger partial charge in [0.05, 0.1) is 28.0 Å². The smallest absolute Gasteiger partial charge is 0.335 e. The van der Waals surface area contributed by atoms with Crippen molar-refractivity contribution in [2.24, 2.45) is 5.92 Å². The summed E-state index contributed by atoms with van der Waals surface area (Å²) in [6, 6.07) is 16.4. The molecule has 4 rings (SSSR count). The normalized spacial score (nSPS) is 18.6. The van der Waals surface area contributed by atoms with Crippen LogP contribution in [0.2, 0.25) is 0 Å². The molecule has 0 N–H and O–H groups in total. The van der Waals surface area contributed by atoms with Gasteiger partial charge in [-0.2, -0.15) is 4.31 Å². The van der Waals surface area contributed by atoms with Crippen molar-refractivity contribution < 1.29 is 22.9 Å². The second kappa shape index (κ2) is 9.59. The van der Waals surface area contributed by atoms with Crippen molar-refractivity contribution in [3.05, 3.63) is 94.1 Å². The Kier molecular flexibility index (Phi) is 6.73. The average Bonchev–Trinajstić information content (AvgIpc) is 3.26. The summed E-state index contributed by atoms with van der Waals surface area (Å²) in [7, 11) is -4.17. The van der Waals surface area contributed by atoms with Crippen molar-refractivity contribution in [2.45, 2.75) is 37.8 Å². The molecule has 0 aromatic heterocycles. The highest BCUT2D eigenvalue weighted by molar-refractivity contribution is 7.89. The lowest BCUT2D eigenvalue weighted by atomic mass is 9.95. The van der Waals surface area contributed by atoms with E-state index in [0.717, 1.165) is 10.8 Å². The molecule has 1 aliphatic heterocycles. The molecule has 3 aromatic rings. The molecule has 1 aliphatic rings. The molecule has 0 saturated carbocycles. The predicted molar refractivity (Wildman–Crippen MR) is 132 cm³/mol. The van der Waals surface area contributed by atoms with Crippen molar-refractivity contribution >= 4 is 32.5 Å². The summed E-state index contributed by atoms with van der Waals surface area (Å²) in [5.41, 5.74) is 0.713. The Morgan fingerprint density at radius 1 is 1.06 bits per heavy atom. The van der Waals surface area contributed by atoms with E-state index in [9.17, 15) is 23.3 Å². The highest BCUT2D eigenvalue weighted by atomic mass is 32.2. The minimum Gasteiger partial charge on any atom is -0.463 e. The van der Waals surface area contributed by atoms with Gasteiger partial charge < -0.3 is 4.74 Å². The average molecular weight is 495 g/mol. The number of hydrogen-bond donors (Lipinski definition) is 0. The van der Waals surface area contributed by atoms with Gasteiger partial charge in [0.1, 0.15) is 0 Å². The van der Waals surface area contributed by atoms with Crippen molar-refractivity contribution in [3.8, 4) is 0 Å². The number of esters is 1. The van der Waals surface area contributed by atoms with E-state index in [1.807, 2.05) is 56.3 Å². The SMILES string of the molecule is CCOC(=O)C1=C[C@H](C(C)C)N(S(=O)(=O)c2ccc([N+](=O)[O-])cc2)[C@@H]1c1cccc2ccccc12. The second-order valence-electron chi connectivity index (χ2n) is 8.63. The van der Waals surface area contributed by atoms with Gasteiger partial charge in [-0.3, -0.25) is 10.1 Å².